The van der Waals surface area contributed by atoms with Crippen LogP contribution in [0.1, 0.15) is 30.3 Å². The molecule has 2 heterocycles. The van der Waals surface area contributed by atoms with Gasteiger partial charge in [0.2, 0.25) is 5.91 Å². The van der Waals surface area contributed by atoms with Crippen molar-refractivity contribution in [3.63, 3.8) is 0 Å². The molecule has 0 radical (unpaired) electrons. The van der Waals surface area contributed by atoms with Crippen LogP contribution in [0.4, 0.5) is 0 Å². The molecule has 24 heavy (non-hydrogen) atoms. The molecule has 1 fully saturated rings. The van der Waals surface area contributed by atoms with Crippen LogP contribution in [0.3, 0.4) is 0 Å². The summed E-state index contributed by atoms with van der Waals surface area (Å²) in [6.45, 7) is 2.87. The molecule has 0 aliphatic carbocycles. The molecule has 5 nitrogen and oxygen atoms in total. The van der Waals surface area contributed by atoms with Gasteiger partial charge in [0.1, 0.15) is 5.69 Å². The van der Waals surface area contributed by atoms with Crippen molar-refractivity contribution >= 4 is 34.4 Å². The largest absolute Gasteiger partial charge is 0.353 e. The number of aromatic nitrogens is 1. The number of likely N-dealkylation sites (tertiary alicyclic amines) is 1. The molecule has 1 saturated heterocycles. The van der Waals surface area contributed by atoms with Crippen molar-refractivity contribution in [2.75, 3.05) is 13.1 Å². The number of carbonyl (C=O) groups is 2. The molecule has 126 valence electrons. The van der Waals surface area contributed by atoms with Gasteiger partial charge in [0.05, 0.1) is 0 Å². The van der Waals surface area contributed by atoms with Gasteiger partial charge in [0.15, 0.2) is 0 Å². The van der Waals surface area contributed by atoms with Crippen LogP contribution in [0.2, 0.25) is 0 Å². The fourth-order valence-corrected chi connectivity index (χ4v) is 3.61. The molecule has 6 heteroatoms. The molecule has 0 bridgehead atoms. The molecule has 1 aliphatic heterocycles. The summed E-state index contributed by atoms with van der Waals surface area (Å²) < 4.78 is 3.07. The van der Waals surface area contributed by atoms with E-state index in [-0.39, 0.29) is 17.9 Å². The topological polar surface area (TPSA) is 54.3 Å². The number of nitrogens with zero attached hydrogens (tertiary/aromatic N) is 2. The monoisotopic (exact) mass is 437 g/mol. The minimum Gasteiger partial charge on any atom is -0.353 e. The van der Waals surface area contributed by atoms with Crippen LogP contribution < -0.4 is 5.32 Å². The summed E-state index contributed by atoms with van der Waals surface area (Å²) in [5.41, 5.74) is 1.67. The Bertz CT molecular complexity index is 748. The van der Waals surface area contributed by atoms with Crippen LogP contribution in [0.25, 0.3) is 5.69 Å². The lowest BCUT2D eigenvalue weighted by Crippen LogP contribution is -2.46. The Morgan fingerprint density at radius 3 is 2.58 bits per heavy atom. The molecule has 1 aromatic carbocycles. The zero-order valence-corrected chi connectivity index (χ0v) is 15.7. The van der Waals surface area contributed by atoms with Crippen LogP contribution >= 0.6 is 22.6 Å². The first kappa shape index (κ1) is 17.0. The average molecular weight is 437 g/mol. The Morgan fingerprint density at radius 2 is 1.92 bits per heavy atom. The van der Waals surface area contributed by atoms with Gasteiger partial charge in [0.25, 0.3) is 5.91 Å². The molecule has 2 aromatic rings. The zero-order chi connectivity index (χ0) is 17.1. The van der Waals surface area contributed by atoms with Crippen LogP contribution in [0.5, 0.6) is 0 Å². The summed E-state index contributed by atoms with van der Waals surface area (Å²) in [7, 11) is 0. The number of piperidine rings is 1. The van der Waals surface area contributed by atoms with E-state index in [0.717, 1.165) is 22.1 Å². The third-order valence-corrected chi connectivity index (χ3v) is 4.91. The molecule has 0 atom stereocenters. The standard InChI is InChI=1S/C18H20IN3O2/c1-13(23)20-15-7-10-21(11-8-15)18(24)17-6-3-9-22(17)16-5-2-4-14(19)12-16/h2-6,9,12,15H,7-8,10-11H2,1H3,(H,20,23). The average Bonchev–Trinajstić information content (AvgIpc) is 3.04. The zero-order valence-electron chi connectivity index (χ0n) is 13.5. The van der Waals surface area contributed by atoms with Gasteiger partial charge in [-0.3, -0.25) is 9.59 Å². The Hall–Kier alpha value is -1.83. The van der Waals surface area contributed by atoms with E-state index < -0.39 is 0 Å². The molecule has 0 saturated carbocycles. The number of amides is 2. The molecular formula is C18H20IN3O2. The number of benzene rings is 1. The SMILES string of the molecule is CC(=O)NC1CCN(C(=O)c2cccn2-c2cccc(I)c2)CC1. The maximum atomic E-state index is 12.9. The maximum absolute atomic E-state index is 12.9. The molecule has 1 aliphatic rings. The van der Waals surface area contributed by atoms with E-state index in [1.807, 2.05) is 46.0 Å². The lowest BCUT2D eigenvalue weighted by atomic mass is 10.0. The van der Waals surface area contributed by atoms with Crippen molar-refractivity contribution in [2.45, 2.75) is 25.8 Å². The van der Waals surface area contributed by atoms with Crippen molar-refractivity contribution in [3.8, 4) is 5.69 Å². The number of halogens is 1. The van der Waals surface area contributed by atoms with Gasteiger partial charge >= 0.3 is 0 Å². The lowest BCUT2D eigenvalue weighted by molar-refractivity contribution is -0.119. The van der Waals surface area contributed by atoms with E-state index in [4.69, 9.17) is 0 Å². The highest BCUT2D eigenvalue weighted by molar-refractivity contribution is 14.1. The van der Waals surface area contributed by atoms with E-state index >= 15 is 0 Å². The summed E-state index contributed by atoms with van der Waals surface area (Å²) in [6.07, 6.45) is 3.52. The van der Waals surface area contributed by atoms with Crippen LogP contribution in [-0.4, -0.2) is 40.4 Å². The van der Waals surface area contributed by atoms with Gasteiger partial charge in [-0.1, -0.05) is 6.07 Å². The second-order valence-corrected chi connectivity index (χ2v) is 7.26. The predicted molar refractivity (Wildman–Crippen MR) is 101 cm³/mol. The van der Waals surface area contributed by atoms with Gasteiger partial charge in [-0.2, -0.15) is 0 Å². The second-order valence-electron chi connectivity index (χ2n) is 6.01. The summed E-state index contributed by atoms with van der Waals surface area (Å²) in [5, 5.41) is 2.94. The molecule has 3 rings (SSSR count). The number of nitrogens with one attached hydrogen (secondary N) is 1. The van der Waals surface area contributed by atoms with Gasteiger partial charge in [-0.05, 0) is 65.8 Å². The van der Waals surface area contributed by atoms with Gasteiger partial charge in [-0.25, -0.2) is 0 Å². The first-order valence-electron chi connectivity index (χ1n) is 8.04. The van der Waals surface area contributed by atoms with Crippen molar-refractivity contribution < 1.29 is 9.59 Å². The molecule has 0 unspecified atom stereocenters. The van der Waals surface area contributed by atoms with E-state index in [9.17, 15) is 9.59 Å². The van der Waals surface area contributed by atoms with Crippen LogP contribution in [0, 0.1) is 3.57 Å². The second kappa shape index (κ2) is 7.38. The highest BCUT2D eigenvalue weighted by atomic mass is 127. The Kier molecular flexibility index (Phi) is 5.23. The van der Waals surface area contributed by atoms with Crippen molar-refractivity contribution in [1.29, 1.82) is 0 Å². The Morgan fingerprint density at radius 1 is 1.17 bits per heavy atom. The smallest absolute Gasteiger partial charge is 0.270 e. The van der Waals surface area contributed by atoms with Crippen molar-refractivity contribution in [1.82, 2.24) is 14.8 Å². The lowest BCUT2D eigenvalue weighted by Gasteiger charge is -2.32. The molecule has 1 N–H and O–H groups in total. The molecule has 1 aromatic heterocycles. The van der Waals surface area contributed by atoms with E-state index in [1.54, 1.807) is 0 Å². The summed E-state index contributed by atoms with van der Waals surface area (Å²) in [6, 6.07) is 12.0. The molecule has 0 spiro atoms. The normalized spacial score (nSPS) is 15.3. The molecular weight excluding hydrogens is 417 g/mol. The third kappa shape index (κ3) is 3.80. The first-order chi connectivity index (χ1) is 11.5. The summed E-state index contributed by atoms with van der Waals surface area (Å²) in [4.78, 5) is 25.9. The number of hydrogen-bond donors (Lipinski definition) is 1. The number of carbonyl (C=O) groups excluding carboxylic acids is 2. The highest BCUT2D eigenvalue weighted by Crippen LogP contribution is 2.19. The van der Waals surface area contributed by atoms with Crippen LogP contribution in [-0.2, 0) is 4.79 Å². The van der Waals surface area contributed by atoms with Crippen molar-refractivity contribution in [3.05, 3.63) is 51.9 Å². The number of rotatable bonds is 3. The predicted octanol–water partition coefficient (Wildman–Crippen LogP) is 2.82. The summed E-state index contributed by atoms with van der Waals surface area (Å²) >= 11 is 2.27. The third-order valence-electron chi connectivity index (χ3n) is 4.24. The van der Waals surface area contributed by atoms with Crippen molar-refractivity contribution in [2.24, 2.45) is 0 Å². The van der Waals surface area contributed by atoms with E-state index in [2.05, 4.69) is 34.0 Å². The van der Waals surface area contributed by atoms with Gasteiger partial charge < -0.3 is 14.8 Å². The Labute approximate surface area is 155 Å². The summed E-state index contributed by atoms with van der Waals surface area (Å²) in [5.74, 6) is 0.0347. The molecule has 2 amide bonds. The maximum Gasteiger partial charge on any atom is 0.270 e. The fraction of sp³-hybridized carbons (Fsp3) is 0.333. The van der Waals surface area contributed by atoms with Gasteiger partial charge in [0, 0.05) is 41.5 Å². The minimum absolute atomic E-state index is 0.00710. The van der Waals surface area contributed by atoms with E-state index in [0.29, 0.717) is 18.8 Å². The number of hydrogen-bond acceptors (Lipinski definition) is 2. The van der Waals surface area contributed by atoms with Crippen LogP contribution in [0.15, 0.2) is 42.6 Å². The van der Waals surface area contributed by atoms with E-state index in [1.165, 1.54) is 6.92 Å². The fourth-order valence-electron chi connectivity index (χ4n) is 3.08. The first-order valence-corrected chi connectivity index (χ1v) is 9.12. The minimum atomic E-state index is -0.00710. The van der Waals surface area contributed by atoms with Gasteiger partial charge in [-0.15, -0.1) is 0 Å². The quantitative estimate of drug-likeness (QED) is 0.752. The Balaban J connectivity index is 1.73. The highest BCUT2D eigenvalue weighted by Gasteiger charge is 2.25.